The van der Waals surface area contributed by atoms with Crippen molar-refractivity contribution in [2.45, 2.75) is 22.7 Å². The topological polar surface area (TPSA) is 125 Å². The number of amides is 3. The number of ether oxygens (including phenoxy) is 4. The summed E-state index contributed by atoms with van der Waals surface area (Å²) in [6.07, 6.45) is 0. The molecule has 1 saturated heterocycles. The number of hydrogen-bond donors (Lipinski definition) is 1. The van der Waals surface area contributed by atoms with Crippen molar-refractivity contribution in [3.05, 3.63) is 86.8 Å². The van der Waals surface area contributed by atoms with Gasteiger partial charge in [-0.2, -0.15) is 0 Å². The van der Waals surface area contributed by atoms with Crippen molar-refractivity contribution < 1.29 is 33.3 Å². The summed E-state index contributed by atoms with van der Waals surface area (Å²) in [6, 6.07) is 18.8. The van der Waals surface area contributed by atoms with Gasteiger partial charge in [0, 0.05) is 16.5 Å². The number of aromatic nitrogens is 1. The van der Waals surface area contributed by atoms with E-state index >= 15 is 0 Å². The quantitative estimate of drug-likeness (QED) is 0.264. The van der Waals surface area contributed by atoms with Crippen LogP contribution in [0.4, 0.5) is 11.4 Å². The number of nitrogens with one attached hydrogen (secondary N) is 1. The fourth-order valence-electron chi connectivity index (χ4n) is 5.66. The summed E-state index contributed by atoms with van der Waals surface area (Å²) in [5, 5.41) is 2.45. The van der Waals surface area contributed by atoms with Crippen LogP contribution < -0.4 is 34.0 Å². The Bertz CT molecular complexity index is 1830. The summed E-state index contributed by atoms with van der Waals surface area (Å²) in [7, 11) is 6.13. The van der Waals surface area contributed by atoms with E-state index in [1.54, 1.807) is 67.8 Å². The average molecular weight is 648 g/mol. The highest BCUT2D eigenvalue weighted by Gasteiger charge is 2.57. The molecule has 0 aliphatic carbocycles. The largest absolute Gasteiger partial charge is 0.497 e. The van der Waals surface area contributed by atoms with Gasteiger partial charge in [-0.1, -0.05) is 29.2 Å². The molecule has 13 heteroatoms. The van der Waals surface area contributed by atoms with Crippen LogP contribution in [-0.2, 0) is 20.9 Å². The number of thiazole rings is 1. The Hall–Kier alpha value is -4.75. The molecular weight excluding hydrogens is 618 g/mol. The van der Waals surface area contributed by atoms with E-state index in [1.165, 1.54) is 30.8 Å². The smallest absolute Gasteiger partial charge is 0.308 e. The Morgan fingerprint density at radius 1 is 0.800 bits per heavy atom. The van der Waals surface area contributed by atoms with Gasteiger partial charge in [0.15, 0.2) is 11.5 Å². The maximum Gasteiger partial charge on any atom is 0.308 e. The molecule has 232 valence electrons. The summed E-state index contributed by atoms with van der Waals surface area (Å²) in [5.74, 6) is -0.485. The Morgan fingerprint density at radius 3 is 2.07 bits per heavy atom. The molecule has 0 bridgehead atoms. The van der Waals surface area contributed by atoms with E-state index in [0.717, 1.165) is 23.1 Å². The zero-order valence-corrected chi connectivity index (χ0v) is 26.4. The van der Waals surface area contributed by atoms with Gasteiger partial charge >= 0.3 is 4.87 Å². The maximum absolute atomic E-state index is 14.1. The maximum atomic E-state index is 14.1. The van der Waals surface area contributed by atoms with E-state index in [2.05, 4.69) is 5.32 Å². The van der Waals surface area contributed by atoms with Gasteiger partial charge in [-0.25, -0.2) is 4.90 Å². The van der Waals surface area contributed by atoms with Crippen LogP contribution in [-0.4, -0.2) is 56.0 Å². The number of carbonyl (C=O) groups excluding carboxylic acids is 3. The lowest BCUT2D eigenvalue weighted by Gasteiger charge is -2.31. The van der Waals surface area contributed by atoms with E-state index in [9.17, 15) is 19.2 Å². The molecule has 3 aromatic carbocycles. The Balaban J connectivity index is 1.41. The number of methoxy groups -OCH3 is 4. The summed E-state index contributed by atoms with van der Waals surface area (Å²) in [5.41, 5.74) is 1.64. The minimum Gasteiger partial charge on any atom is -0.497 e. The van der Waals surface area contributed by atoms with Crippen LogP contribution in [0.2, 0.25) is 0 Å². The molecular formula is C32H29N3O8S2. The molecule has 6 rings (SSSR count). The highest BCUT2D eigenvalue weighted by atomic mass is 32.2. The first-order valence-electron chi connectivity index (χ1n) is 13.9. The molecule has 4 aromatic rings. The van der Waals surface area contributed by atoms with Crippen molar-refractivity contribution in [1.29, 1.82) is 0 Å². The van der Waals surface area contributed by atoms with Gasteiger partial charge in [-0.15, -0.1) is 0 Å². The van der Waals surface area contributed by atoms with E-state index < -0.39 is 28.9 Å². The molecule has 1 fully saturated rings. The Kier molecular flexibility index (Phi) is 8.30. The van der Waals surface area contributed by atoms with Crippen LogP contribution in [0.3, 0.4) is 0 Å². The van der Waals surface area contributed by atoms with Gasteiger partial charge < -0.3 is 24.3 Å². The molecule has 0 saturated carbocycles. The van der Waals surface area contributed by atoms with E-state index in [0.29, 0.717) is 49.8 Å². The second kappa shape index (κ2) is 12.3. The third-order valence-electron chi connectivity index (χ3n) is 7.82. The number of rotatable bonds is 9. The Labute approximate surface area is 266 Å². The lowest BCUT2D eigenvalue weighted by Crippen LogP contribution is -2.33. The third kappa shape index (κ3) is 5.42. The number of thioether (sulfide) groups is 1. The molecule has 2 aliphatic heterocycles. The van der Waals surface area contributed by atoms with Crippen LogP contribution in [0.15, 0.2) is 76.6 Å². The van der Waals surface area contributed by atoms with Crippen LogP contribution in [0.25, 0.3) is 0 Å². The lowest BCUT2D eigenvalue weighted by molar-refractivity contribution is -0.122. The summed E-state index contributed by atoms with van der Waals surface area (Å²) in [6.45, 7) is -0.274. The molecule has 2 unspecified atom stereocenters. The van der Waals surface area contributed by atoms with Crippen molar-refractivity contribution in [3.63, 3.8) is 0 Å². The molecule has 0 radical (unpaired) electrons. The third-order valence-corrected chi connectivity index (χ3v) is 10.4. The lowest BCUT2D eigenvalue weighted by atomic mass is 9.83. The van der Waals surface area contributed by atoms with Crippen molar-refractivity contribution in [2.24, 2.45) is 5.92 Å². The number of nitrogens with zero attached hydrogens (tertiary/aromatic N) is 2. The van der Waals surface area contributed by atoms with Gasteiger partial charge in [0.05, 0.1) is 45.1 Å². The van der Waals surface area contributed by atoms with Crippen molar-refractivity contribution in [1.82, 2.24) is 4.57 Å². The average Bonchev–Trinajstić information content (AvgIpc) is 3.50. The monoisotopic (exact) mass is 647 g/mol. The SMILES string of the molecule is COc1ccc(NC(=O)Cn2c3c(sc2=O)[C@H](c2ccc(OC)c(OC)c2)C2C(=O)N(c4ccc(OC)cc4)C(=O)C2S3)cc1. The fourth-order valence-corrected chi connectivity index (χ4v) is 8.44. The first kappa shape index (κ1) is 30.3. The number of imide groups is 1. The highest BCUT2D eigenvalue weighted by molar-refractivity contribution is 8.00. The molecule has 3 heterocycles. The van der Waals surface area contributed by atoms with Crippen LogP contribution >= 0.6 is 23.1 Å². The number of benzene rings is 3. The zero-order chi connectivity index (χ0) is 31.8. The second-order valence-corrected chi connectivity index (χ2v) is 12.4. The summed E-state index contributed by atoms with van der Waals surface area (Å²) in [4.78, 5) is 56.1. The summed E-state index contributed by atoms with van der Waals surface area (Å²) >= 11 is 2.12. The van der Waals surface area contributed by atoms with E-state index in [1.807, 2.05) is 6.07 Å². The number of anilines is 2. The first-order chi connectivity index (χ1) is 21.8. The van der Waals surface area contributed by atoms with E-state index in [4.69, 9.17) is 18.9 Å². The molecule has 3 atom stereocenters. The number of carbonyl (C=O) groups is 3. The Morgan fingerprint density at radius 2 is 1.44 bits per heavy atom. The first-order valence-corrected chi connectivity index (χ1v) is 15.6. The standard InChI is InChI=1S/C32H29N3O8S2/c1-40-20-10-6-18(7-11-20)33-24(36)16-34-31-28(45-32(34)39)25(17-5-14-22(42-3)23(15-17)43-4)26-27(44-31)30(38)35(29(26)37)19-8-12-21(41-2)13-9-19/h5-15,25-27H,16H2,1-4H3,(H,33,36)/t25-,26?,27?/m1/s1. The predicted octanol–water partition coefficient (Wildman–Crippen LogP) is 4.38. The molecule has 0 spiro atoms. The molecule has 11 nitrogen and oxygen atoms in total. The predicted molar refractivity (Wildman–Crippen MR) is 170 cm³/mol. The molecule has 3 amide bonds. The van der Waals surface area contributed by atoms with Crippen molar-refractivity contribution >= 4 is 52.2 Å². The zero-order valence-electron chi connectivity index (χ0n) is 24.8. The highest BCUT2D eigenvalue weighted by Crippen LogP contribution is 2.54. The van der Waals surface area contributed by atoms with Gasteiger partial charge in [-0.05, 0) is 66.2 Å². The summed E-state index contributed by atoms with van der Waals surface area (Å²) < 4.78 is 22.8. The van der Waals surface area contributed by atoms with Crippen LogP contribution in [0.1, 0.15) is 16.4 Å². The normalized spacial score (nSPS) is 18.7. The molecule has 45 heavy (non-hydrogen) atoms. The van der Waals surface area contributed by atoms with Gasteiger partial charge in [0.1, 0.15) is 23.3 Å². The molecule has 1 aromatic heterocycles. The van der Waals surface area contributed by atoms with Crippen molar-refractivity contribution in [3.8, 4) is 23.0 Å². The number of fused-ring (bicyclic) bond motifs is 2. The van der Waals surface area contributed by atoms with Gasteiger partial charge in [0.2, 0.25) is 17.7 Å². The van der Waals surface area contributed by atoms with Gasteiger partial charge in [0.25, 0.3) is 0 Å². The van der Waals surface area contributed by atoms with E-state index in [-0.39, 0.29) is 17.3 Å². The van der Waals surface area contributed by atoms with Gasteiger partial charge in [-0.3, -0.25) is 23.7 Å². The minimum atomic E-state index is -0.838. The number of hydrogen-bond acceptors (Lipinski definition) is 10. The molecule has 2 aliphatic rings. The second-order valence-electron chi connectivity index (χ2n) is 10.3. The fraction of sp³-hybridized carbons (Fsp3) is 0.250. The minimum absolute atomic E-state index is 0.274. The van der Waals surface area contributed by atoms with Crippen LogP contribution in [0.5, 0.6) is 23.0 Å². The molecule has 1 N–H and O–H groups in total. The van der Waals surface area contributed by atoms with Crippen molar-refractivity contribution in [2.75, 3.05) is 38.7 Å². The van der Waals surface area contributed by atoms with Crippen LogP contribution in [0, 0.1) is 5.92 Å².